The van der Waals surface area contributed by atoms with E-state index in [0.29, 0.717) is 0 Å². The number of carbonyl (C=O) groups is 1. The number of aromatic amines is 1. The van der Waals surface area contributed by atoms with Gasteiger partial charge in [-0.25, -0.2) is 0 Å². The summed E-state index contributed by atoms with van der Waals surface area (Å²) in [5.74, 6) is 0.187. The van der Waals surface area contributed by atoms with Gasteiger partial charge in [0, 0.05) is 36.1 Å². The Morgan fingerprint density at radius 1 is 1.26 bits per heavy atom. The van der Waals surface area contributed by atoms with Crippen LogP contribution in [0.5, 0.6) is 0 Å². The van der Waals surface area contributed by atoms with Gasteiger partial charge in [-0.05, 0) is 18.1 Å². The van der Waals surface area contributed by atoms with E-state index in [2.05, 4.69) is 17.1 Å². The van der Waals surface area contributed by atoms with Crippen molar-refractivity contribution in [3.8, 4) is 0 Å². The highest BCUT2D eigenvalue weighted by molar-refractivity contribution is 5.83. The molecular formula is C16H22N2O. The van der Waals surface area contributed by atoms with Crippen LogP contribution in [-0.2, 0) is 11.2 Å². The number of para-hydroxylation sites is 1. The Kier molecular flexibility index (Phi) is 3.65. The number of H-pyrrole nitrogens is 1. The minimum absolute atomic E-state index is 0.187. The Hall–Kier alpha value is -1.77. The number of fused-ring (bicyclic) bond motifs is 1. The highest BCUT2D eigenvalue weighted by Crippen LogP contribution is 2.20. The number of nitrogens with one attached hydrogen (secondary N) is 1. The summed E-state index contributed by atoms with van der Waals surface area (Å²) in [6.07, 6.45) is 2.92. The number of rotatable bonds is 3. The zero-order chi connectivity index (χ0) is 14.0. The van der Waals surface area contributed by atoms with Crippen molar-refractivity contribution in [1.82, 2.24) is 9.88 Å². The largest absolute Gasteiger partial charge is 0.361 e. The van der Waals surface area contributed by atoms with E-state index in [0.717, 1.165) is 18.5 Å². The third kappa shape index (κ3) is 2.98. The second kappa shape index (κ2) is 5.08. The molecule has 0 spiro atoms. The van der Waals surface area contributed by atoms with Crippen molar-refractivity contribution < 1.29 is 4.79 Å². The van der Waals surface area contributed by atoms with Crippen LogP contribution in [0.1, 0.15) is 26.3 Å². The maximum atomic E-state index is 12.1. The molecule has 1 amide bonds. The van der Waals surface area contributed by atoms with Crippen LogP contribution in [0, 0.1) is 5.41 Å². The van der Waals surface area contributed by atoms with Crippen LogP contribution in [0.15, 0.2) is 30.5 Å². The smallest absolute Gasteiger partial charge is 0.227 e. The molecule has 1 aromatic carbocycles. The Balaban J connectivity index is 2.05. The van der Waals surface area contributed by atoms with Crippen LogP contribution >= 0.6 is 0 Å². The molecule has 0 bridgehead atoms. The lowest BCUT2D eigenvalue weighted by Gasteiger charge is -2.25. The summed E-state index contributed by atoms with van der Waals surface area (Å²) in [4.78, 5) is 17.2. The molecule has 0 fully saturated rings. The summed E-state index contributed by atoms with van der Waals surface area (Å²) in [7, 11) is 1.88. The third-order valence-electron chi connectivity index (χ3n) is 3.38. The number of aromatic nitrogens is 1. The van der Waals surface area contributed by atoms with E-state index in [-0.39, 0.29) is 11.3 Å². The maximum absolute atomic E-state index is 12.1. The normalized spacial score (nSPS) is 11.8. The fourth-order valence-corrected chi connectivity index (χ4v) is 2.30. The number of likely N-dealkylation sites (N-methyl/N-ethyl adjacent to an activating group) is 1. The van der Waals surface area contributed by atoms with Gasteiger partial charge >= 0.3 is 0 Å². The molecule has 0 radical (unpaired) electrons. The first kappa shape index (κ1) is 13.7. The summed E-state index contributed by atoms with van der Waals surface area (Å²) >= 11 is 0. The third-order valence-corrected chi connectivity index (χ3v) is 3.38. The van der Waals surface area contributed by atoms with E-state index in [1.54, 1.807) is 0 Å². The molecule has 2 aromatic rings. The van der Waals surface area contributed by atoms with Crippen molar-refractivity contribution in [3.05, 3.63) is 36.0 Å². The molecule has 102 valence electrons. The lowest BCUT2D eigenvalue weighted by molar-refractivity contribution is -0.138. The molecule has 0 saturated heterocycles. The molecule has 1 N–H and O–H groups in total. The molecule has 1 heterocycles. The molecule has 0 aliphatic carbocycles. The summed E-state index contributed by atoms with van der Waals surface area (Å²) in [5, 5.41) is 1.25. The second-order valence-electron chi connectivity index (χ2n) is 6.09. The Labute approximate surface area is 114 Å². The maximum Gasteiger partial charge on any atom is 0.227 e. The molecular weight excluding hydrogens is 236 g/mol. The average Bonchev–Trinajstić information content (AvgIpc) is 2.77. The zero-order valence-electron chi connectivity index (χ0n) is 12.2. The van der Waals surface area contributed by atoms with E-state index in [9.17, 15) is 4.79 Å². The molecule has 3 heteroatoms. The molecule has 0 saturated carbocycles. The number of hydrogen-bond donors (Lipinski definition) is 1. The lowest BCUT2D eigenvalue weighted by atomic mass is 9.95. The molecule has 2 rings (SSSR count). The summed E-state index contributed by atoms with van der Waals surface area (Å²) < 4.78 is 0. The SMILES string of the molecule is CN(CCc1c[nH]c2ccccc12)C(=O)C(C)(C)C. The van der Waals surface area contributed by atoms with Crippen LogP contribution in [0.4, 0.5) is 0 Å². The minimum atomic E-state index is -0.311. The molecule has 19 heavy (non-hydrogen) atoms. The minimum Gasteiger partial charge on any atom is -0.361 e. The van der Waals surface area contributed by atoms with Crippen LogP contribution in [-0.4, -0.2) is 29.4 Å². The van der Waals surface area contributed by atoms with Crippen LogP contribution in [0.25, 0.3) is 10.9 Å². The fourth-order valence-electron chi connectivity index (χ4n) is 2.30. The van der Waals surface area contributed by atoms with E-state index >= 15 is 0 Å². The van der Waals surface area contributed by atoms with Crippen molar-refractivity contribution >= 4 is 16.8 Å². The van der Waals surface area contributed by atoms with E-state index < -0.39 is 0 Å². The molecule has 3 nitrogen and oxygen atoms in total. The van der Waals surface area contributed by atoms with Gasteiger partial charge in [0.25, 0.3) is 0 Å². The summed E-state index contributed by atoms with van der Waals surface area (Å²) in [5.41, 5.74) is 2.11. The summed E-state index contributed by atoms with van der Waals surface area (Å²) in [6.45, 7) is 6.62. The number of amides is 1. The Morgan fingerprint density at radius 2 is 1.95 bits per heavy atom. The molecule has 0 aliphatic rings. The topological polar surface area (TPSA) is 36.1 Å². The van der Waals surface area contributed by atoms with Crippen molar-refractivity contribution in [2.24, 2.45) is 5.41 Å². The number of benzene rings is 1. The number of carbonyl (C=O) groups excluding carboxylic acids is 1. The Morgan fingerprint density at radius 3 is 2.63 bits per heavy atom. The van der Waals surface area contributed by atoms with Gasteiger partial charge in [0.15, 0.2) is 0 Å². The van der Waals surface area contributed by atoms with Crippen molar-refractivity contribution in [2.45, 2.75) is 27.2 Å². The van der Waals surface area contributed by atoms with Crippen LogP contribution < -0.4 is 0 Å². The average molecular weight is 258 g/mol. The van der Waals surface area contributed by atoms with E-state index in [1.807, 2.05) is 51.0 Å². The van der Waals surface area contributed by atoms with E-state index in [4.69, 9.17) is 0 Å². The number of nitrogens with zero attached hydrogens (tertiary/aromatic N) is 1. The lowest BCUT2D eigenvalue weighted by Crippen LogP contribution is -2.37. The predicted molar refractivity (Wildman–Crippen MR) is 79.1 cm³/mol. The van der Waals surface area contributed by atoms with Gasteiger partial charge in [0.05, 0.1) is 0 Å². The molecule has 1 aromatic heterocycles. The first-order valence-electron chi connectivity index (χ1n) is 6.70. The quantitative estimate of drug-likeness (QED) is 0.901. The van der Waals surface area contributed by atoms with E-state index in [1.165, 1.54) is 10.9 Å². The van der Waals surface area contributed by atoms with Gasteiger partial charge in [-0.2, -0.15) is 0 Å². The monoisotopic (exact) mass is 258 g/mol. The van der Waals surface area contributed by atoms with Gasteiger partial charge < -0.3 is 9.88 Å². The summed E-state index contributed by atoms with van der Waals surface area (Å²) in [6, 6.07) is 8.26. The zero-order valence-corrected chi connectivity index (χ0v) is 12.2. The first-order chi connectivity index (χ1) is 8.89. The van der Waals surface area contributed by atoms with Crippen LogP contribution in [0.3, 0.4) is 0 Å². The van der Waals surface area contributed by atoms with Gasteiger partial charge in [0.2, 0.25) is 5.91 Å². The van der Waals surface area contributed by atoms with Gasteiger partial charge in [0.1, 0.15) is 0 Å². The molecule has 0 atom stereocenters. The highest BCUT2D eigenvalue weighted by atomic mass is 16.2. The highest BCUT2D eigenvalue weighted by Gasteiger charge is 2.24. The van der Waals surface area contributed by atoms with Gasteiger partial charge in [-0.3, -0.25) is 4.79 Å². The van der Waals surface area contributed by atoms with Gasteiger partial charge in [-0.1, -0.05) is 39.0 Å². The Bertz CT molecular complexity index is 578. The predicted octanol–water partition coefficient (Wildman–Crippen LogP) is 3.21. The van der Waals surface area contributed by atoms with Gasteiger partial charge in [-0.15, -0.1) is 0 Å². The van der Waals surface area contributed by atoms with Crippen molar-refractivity contribution in [2.75, 3.05) is 13.6 Å². The molecule has 0 unspecified atom stereocenters. The fraction of sp³-hybridized carbons (Fsp3) is 0.438. The first-order valence-corrected chi connectivity index (χ1v) is 6.70. The molecule has 0 aliphatic heterocycles. The standard InChI is InChI=1S/C16H22N2O/c1-16(2,3)15(19)18(4)10-9-12-11-17-14-8-6-5-7-13(12)14/h5-8,11,17H,9-10H2,1-4H3. The van der Waals surface area contributed by atoms with Crippen molar-refractivity contribution in [1.29, 1.82) is 0 Å². The number of hydrogen-bond acceptors (Lipinski definition) is 1. The van der Waals surface area contributed by atoms with Crippen LogP contribution in [0.2, 0.25) is 0 Å². The second-order valence-corrected chi connectivity index (χ2v) is 6.09. The van der Waals surface area contributed by atoms with Crippen molar-refractivity contribution in [3.63, 3.8) is 0 Å².